The van der Waals surface area contributed by atoms with Gasteiger partial charge in [0.25, 0.3) is 0 Å². The molecule has 1 aromatic rings. The van der Waals surface area contributed by atoms with Gasteiger partial charge in [-0.05, 0) is 42.0 Å². The smallest absolute Gasteiger partial charge is 0.434 e. The fraction of sp³-hybridized carbons (Fsp3) is 0.214. The van der Waals surface area contributed by atoms with Gasteiger partial charge in [0.05, 0.1) is 5.03 Å². The fourth-order valence-electron chi connectivity index (χ4n) is 2.45. The summed E-state index contributed by atoms with van der Waals surface area (Å²) in [5.74, 6) is -0.155. The monoisotopic (exact) mass is 377 g/mol. The lowest BCUT2D eigenvalue weighted by atomic mass is 10.1. The number of halogens is 5. The van der Waals surface area contributed by atoms with Crippen molar-refractivity contribution < 1.29 is 22.6 Å². The first kappa shape index (κ1) is 15.5. The van der Waals surface area contributed by atoms with Gasteiger partial charge in [-0.25, -0.2) is 0 Å². The van der Waals surface area contributed by atoms with Crippen molar-refractivity contribution >= 4 is 29.0 Å². The number of rotatable bonds is 1. The molecule has 3 heterocycles. The number of amidine groups is 1. The number of hydrogen-bond acceptors (Lipinski definition) is 5. The third-order valence-corrected chi connectivity index (χ3v) is 4.23. The molecule has 0 aliphatic carbocycles. The van der Waals surface area contributed by atoms with Gasteiger partial charge >= 0.3 is 11.4 Å². The van der Waals surface area contributed by atoms with Crippen molar-refractivity contribution in [1.82, 2.24) is 10.3 Å². The Hall–Kier alpha value is -2.06. The summed E-state index contributed by atoms with van der Waals surface area (Å²) >= 11 is 11.1. The highest BCUT2D eigenvalue weighted by atomic mass is 35.5. The number of fused-ring (bicyclic) bond motifs is 2. The van der Waals surface area contributed by atoms with Crippen LogP contribution in [0.15, 0.2) is 46.7 Å². The quantitative estimate of drug-likeness (QED) is 0.761. The van der Waals surface area contributed by atoms with E-state index in [2.05, 4.69) is 20.0 Å². The molecular weight excluding hydrogens is 370 g/mol. The van der Waals surface area contributed by atoms with Gasteiger partial charge in [0, 0.05) is 11.8 Å². The largest absolute Gasteiger partial charge is 0.488 e. The zero-order chi connectivity index (χ0) is 17.1. The van der Waals surface area contributed by atoms with Crippen LogP contribution in [0.4, 0.5) is 13.2 Å². The molecule has 0 radical (unpaired) electrons. The number of nitrogens with one attached hydrogen (secondary N) is 1. The molecule has 5 nitrogen and oxygen atoms in total. The van der Waals surface area contributed by atoms with Gasteiger partial charge in [0.1, 0.15) is 0 Å². The molecule has 126 valence electrons. The normalized spacial score (nSPS) is 29.5. The van der Waals surface area contributed by atoms with E-state index in [9.17, 15) is 13.2 Å². The topological polar surface area (TPSA) is 46.1 Å². The molecule has 10 heteroatoms. The van der Waals surface area contributed by atoms with E-state index in [1.54, 1.807) is 23.3 Å². The number of ether oxygens (including phenoxy) is 2. The van der Waals surface area contributed by atoms with E-state index < -0.39 is 11.4 Å². The molecule has 2 atom stereocenters. The van der Waals surface area contributed by atoms with E-state index in [0.717, 1.165) is 0 Å². The maximum atomic E-state index is 13.6. The summed E-state index contributed by atoms with van der Waals surface area (Å²) in [5, 5.41) is 0.894. The molecule has 4 rings (SSSR count). The van der Waals surface area contributed by atoms with E-state index in [0.29, 0.717) is 16.4 Å². The van der Waals surface area contributed by atoms with Crippen LogP contribution in [0.25, 0.3) is 0 Å². The van der Waals surface area contributed by atoms with Gasteiger partial charge in [-0.2, -0.15) is 18.3 Å². The number of benzene rings is 1. The molecule has 0 saturated carbocycles. The number of nitrogens with zero attached hydrogens (tertiary/aromatic N) is 2. The van der Waals surface area contributed by atoms with Gasteiger partial charge in [-0.1, -0.05) is 11.6 Å². The lowest BCUT2D eigenvalue weighted by molar-refractivity contribution is -0.303. The van der Waals surface area contributed by atoms with Crippen molar-refractivity contribution in [1.29, 1.82) is 0 Å². The number of hydrogen-bond donors (Lipinski definition) is 1. The van der Waals surface area contributed by atoms with Crippen LogP contribution < -0.4 is 14.9 Å². The predicted octanol–water partition coefficient (Wildman–Crippen LogP) is 3.46. The molecule has 3 aliphatic heterocycles. The van der Waals surface area contributed by atoms with Gasteiger partial charge in [0.2, 0.25) is 0 Å². The SMILES string of the molecule is FC1(F)Oc2cc(C3=NNC4C(Cl)=CC=CN34)ccc2OC1(F)Cl. The molecule has 0 fully saturated rings. The summed E-state index contributed by atoms with van der Waals surface area (Å²) in [4.78, 5) is 1.72. The highest BCUT2D eigenvalue weighted by Crippen LogP contribution is 2.48. The van der Waals surface area contributed by atoms with Crippen molar-refractivity contribution in [2.24, 2.45) is 5.10 Å². The second-order valence-corrected chi connectivity index (χ2v) is 6.09. The third kappa shape index (κ3) is 2.21. The van der Waals surface area contributed by atoms with Gasteiger partial charge < -0.3 is 14.4 Å². The number of allylic oxidation sites excluding steroid dienone is 2. The summed E-state index contributed by atoms with van der Waals surface area (Å²) < 4.78 is 49.5. The molecule has 0 amide bonds. The van der Waals surface area contributed by atoms with Gasteiger partial charge in [-0.3, -0.25) is 5.43 Å². The molecule has 24 heavy (non-hydrogen) atoms. The zero-order valence-electron chi connectivity index (χ0n) is 11.6. The molecule has 0 aromatic heterocycles. The Balaban J connectivity index is 1.69. The van der Waals surface area contributed by atoms with E-state index in [4.69, 9.17) is 23.2 Å². The van der Waals surface area contributed by atoms with Crippen LogP contribution in [0.2, 0.25) is 0 Å². The summed E-state index contributed by atoms with van der Waals surface area (Å²) in [7, 11) is 0. The Morgan fingerprint density at radius 1 is 1.21 bits per heavy atom. The molecular formula is C14H8Cl2F3N3O2. The molecule has 1 aromatic carbocycles. The first-order valence-electron chi connectivity index (χ1n) is 6.72. The average Bonchev–Trinajstić information content (AvgIpc) is 2.93. The van der Waals surface area contributed by atoms with Gasteiger partial charge in [-0.15, -0.1) is 0 Å². The van der Waals surface area contributed by atoms with Crippen molar-refractivity contribution in [3.8, 4) is 11.5 Å². The lowest BCUT2D eigenvalue weighted by Gasteiger charge is -2.33. The summed E-state index contributed by atoms with van der Waals surface area (Å²) in [6.45, 7) is 0. The van der Waals surface area contributed by atoms with Crippen LogP contribution >= 0.6 is 23.2 Å². The maximum absolute atomic E-state index is 13.6. The van der Waals surface area contributed by atoms with Crippen LogP contribution in [0.3, 0.4) is 0 Å². The zero-order valence-corrected chi connectivity index (χ0v) is 13.2. The summed E-state index contributed by atoms with van der Waals surface area (Å²) in [6, 6.07) is 4.05. The van der Waals surface area contributed by atoms with Crippen molar-refractivity contribution in [3.05, 3.63) is 47.1 Å². The molecule has 1 N–H and O–H groups in total. The fourth-order valence-corrected chi connectivity index (χ4v) is 2.80. The minimum absolute atomic E-state index is 0.239. The second kappa shape index (κ2) is 4.97. The Kier molecular flexibility index (Phi) is 3.20. The number of hydrazone groups is 1. The van der Waals surface area contributed by atoms with Crippen molar-refractivity contribution in [2.75, 3.05) is 0 Å². The van der Waals surface area contributed by atoms with Crippen molar-refractivity contribution in [2.45, 2.75) is 17.6 Å². The van der Waals surface area contributed by atoms with Gasteiger partial charge in [0.15, 0.2) is 23.5 Å². The van der Waals surface area contributed by atoms with E-state index in [-0.39, 0.29) is 17.7 Å². The Bertz CT molecular complexity index is 810. The first-order chi connectivity index (χ1) is 11.3. The second-order valence-electron chi connectivity index (χ2n) is 5.17. The Labute approximate surface area is 143 Å². The molecule has 2 unspecified atom stereocenters. The summed E-state index contributed by atoms with van der Waals surface area (Å²) in [5.41, 5.74) is 3.27. The predicted molar refractivity (Wildman–Crippen MR) is 80.7 cm³/mol. The average molecular weight is 378 g/mol. The van der Waals surface area contributed by atoms with Crippen LogP contribution in [-0.4, -0.2) is 28.3 Å². The molecule has 3 aliphatic rings. The number of alkyl halides is 4. The van der Waals surface area contributed by atoms with E-state index in [1.807, 2.05) is 0 Å². The van der Waals surface area contributed by atoms with Crippen LogP contribution in [0, 0.1) is 0 Å². The minimum atomic E-state index is -4.34. The highest BCUT2D eigenvalue weighted by Gasteiger charge is 2.63. The van der Waals surface area contributed by atoms with Crippen molar-refractivity contribution in [3.63, 3.8) is 0 Å². The molecule has 0 saturated heterocycles. The Morgan fingerprint density at radius 3 is 2.79 bits per heavy atom. The third-order valence-electron chi connectivity index (χ3n) is 3.60. The standard InChI is InChI=1S/C14H8Cl2F3N3O2/c15-8-2-1-5-22-11(20-21-12(8)22)7-3-4-9-10(6-7)24-14(18,19)13(16,17)23-9/h1-6,12,21H. The van der Waals surface area contributed by atoms with Crippen LogP contribution in [-0.2, 0) is 0 Å². The first-order valence-corrected chi connectivity index (χ1v) is 7.48. The summed E-state index contributed by atoms with van der Waals surface area (Å²) in [6.07, 6.45) is 0.447. The van der Waals surface area contributed by atoms with Crippen LogP contribution in [0.1, 0.15) is 5.56 Å². The van der Waals surface area contributed by atoms with E-state index in [1.165, 1.54) is 18.2 Å². The van der Waals surface area contributed by atoms with Crippen LogP contribution in [0.5, 0.6) is 11.5 Å². The maximum Gasteiger partial charge on any atom is 0.488 e. The molecule has 0 bridgehead atoms. The highest BCUT2D eigenvalue weighted by molar-refractivity contribution is 6.30. The lowest BCUT2D eigenvalue weighted by Crippen LogP contribution is -2.51. The minimum Gasteiger partial charge on any atom is -0.434 e. The Morgan fingerprint density at radius 2 is 2.00 bits per heavy atom. The molecule has 0 spiro atoms. The van der Waals surface area contributed by atoms with E-state index >= 15 is 0 Å².